The minimum atomic E-state index is 0.474. The van der Waals surface area contributed by atoms with Crippen molar-refractivity contribution in [1.82, 2.24) is 0 Å². The van der Waals surface area contributed by atoms with Gasteiger partial charge in [-0.1, -0.05) is 158 Å². The second kappa shape index (κ2) is 16.2. The quantitative estimate of drug-likeness (QED) is 0.299. The topological polar surface area (TPSA) is 0 Å². The maximum Gasteiger partial charge on any atom is -0.0354 e. The molecular formula is C36H78. The lowest BCUT2D eigenvalue weighted by Crippen LogP contribution is -2.24. The lowest BCUT2D eigenvalue weighted by molar-refractivity contribution is 0.160. The summed E-state index contributed by atoms with van der Waals surface area (Å²) in [5, 5.41) is 0. The van der Waals surface area contributed by atoms with Gasteiger partial charge in [0.1, 0.15) is 0 Å². The third-order valence-electron chi connectivity index (χ3n) is 6.60. The molecule has 1 unspecified atom stereocenters. The molecule has 0 saturated carbocycles. The van der Waals surface area contributed by atoms with Crippen LogP contribution in [0.4, 0.5) is 0 Å². The summed E-state index contributed by atoms with van der Waals surface area (Å²) in [5.74, 6) is 1.71. The first-order valence-corrected chi connectivity index (χ1v) is 15.5. The fraction of sp³-hybridized carbons (Fsp3) is 1.00. The van der Waals surface area contributed by atoms with Crippen molar-refractivity contribution in [2.24, 2.45) is 44.3 Å². The van der Waals surface area contributed by atoms with Crippen molar-refractivity contribution in [1.29, 1.82) is 0 Å². The van der Waals surface area contributed by atoms with Gasteiger partial charge < -0.3 is 0 Å². The highest BCUT2D eigenvalue weighted by Gasteiger charge is 2.27. The number of hydrogen-bond donors (Lipinski definition) is 0. The Kier molecular flexibility index (Phi) is 18.2. The zero-order valence-corrected chi connectivity index (χ0v) is 29.8. The van der Waals surface area contributed by atoms with Gasteiger partial charge in [0.25, 0.3) is 0 Å². The molecule has 0 amide bonds. The number of hydrogen-bond acceptors (Lipinski definition) is 0. The van der Waals surface area contributed by atoms with Gasteiger partial charge in [-0.2, -0.15) is 0 Å². The van der Waals surface area contributed by atoms with E-state index in [1.807, 2.05) is 0 Å². The Morgan fingerprint density at radius 2 is 0.694 bits per heavy atom. The Labute approximate surface area is 234 Å². The summed E-state index contributed by atoms with van der Waals surface area (Å²) >= 11 is 0. The highest BCUT2D eigenvalue weighted by Crippen LogP contribution is 2.37. The molecule has 36 heavy (non-hydrogen) atoms. The predicted octanol–water partition coefficient (Wildman–Crippen LogP) is 13.6. The molecule has 0 N–H and O–H groups in total. The minimum absolute atomic E-state index is 0.474. The summed E-state index contributed by atoms with van der Waals surface area (Å²) in [6.45, 7) is 46.6. The fourth-order valence-electron chi connectivity index (χ4n) is 5.28. The first-order chi connectivity index (χ1) is 15.5. The van der Waals surface area contributed by atoms with Gasteiger partial charge in [-0.15, -0.1) is 0 Å². The molecule has 0 heteroatoms. The molecule has 0 radical (unpaired) electrons. The Morgan fingerprint density at radius 3 is 0.833 bits per heavy atom. The van der Waals surface area contributed by atoms with Gasteiger partial charge >= 0.3 is 0 Å². The molecule has 0 rings (SSSR count). The van der Waals surface area contributed by atoms with Crippen LogP contribution in [-0.4, -0.2) is 0 Å². The van der Waals surface area contributed by atoms with Crippen LogP contribution in [0.5, 0.6) is 0 Å². The average Bonchev–Trinajstić information content (AvgIpc) is 2.51. The van der Waals surface area contributed by atoms with Crippen molar-refractivity contribution in [2.75, 3.05) is 0 Å². The van der Waals surface area contributed by atoms with E-state index in [0.29, 0.717) is 32.5 Å². The molecule has 0 fully saturated rings. The van der Waals surface area contributed by atoms with Crippen molar-refractivity contribution in [3.05, 3.63) is 0 Å². The van der Waals surface area contributed by atoms with Crippen LogP contribution in [0.1, 0.15) is 190 Å². The summed E-state index contributed by atoms with van der Waals surface area (Å²) in [5.41, 5.74) is 2.99. The highest BCUT2D eigenvalue weighted by atomic mass is 14.3. The molecule has 0 aliphatic rings. The summed E-state index contributed by atoms with van der Waals surface area (Å²) in [4.78, 5) is 0. The first kappa shape index (κ1) is 40.5. The molecule has 0 spiro atoms. The van der Waals surface area contributed by atoms with E-state index < -0.39 is 0 Å². The minimum Gasteiger partial charge on any atom is -0.0651 e. The van der Waals surface area contributed by atoms with E-state index in [4.69, 9.17) is 0 Å². The van der Waals surface area contributed by atoms with Crippen LogP contribution in [0.3, 0.4) is 0 Å². The van der Waals surface area contributed by atoms with Crippen LogP contribution in [0.2, 0.25) is 0 Å². The summed E-state index contributed by atoms with van der Waals surface area (Å²) in [6.07, 6.45) is 10.8. The number of unbranched alkanes of at least 4 members (excludes halogenated alkanes) is 1. The molecule has 0 aromatic carbocycles. The van der Waals surface area contributed by atoms with Crippen LogP contribution in [0.15, 0.2) is 0 Å². The second-order valence-electron chi connectivity index (χ2n) is 19.2. The Morgan fingerprint density at radius 1 is 0.417 bits per heavy atom. The van der Waals surface area contributed by atoms with Gasteiger partial charge in [0.15, 0.2) is 0 Å². The lowest BCUT2D eigenvalue weighted by atomic mass is 9.71. The van der Waals surface area contributed by atoms with Crippen LogP contribution in [-0.2, 0) is 0 Å². The zero-order valence-electron chi connectivity index (χ0n) is 29.8. The van der Waals surface area contributed by atoms with Crippen molar-refractivity contribution in [3.63, 3.8) is 0 Å². The van der Waals surface area contributed by atoms with Gasteiger partial charge in [0.05, 0.1) is 0 Å². The molecular weight excluding hydrogens is 432 g/mol. The van der Waals surface area contributed by atoms with Crippen LogP contribution in [0, 0.1) is 44.3 Å². The van der Waals surface area contributed by atoms with Crippen LogP contribution in [0.25, 0.3) is 0 Å². The van der Waals surface area contributed by atoms with Gasteiger partial charge in [-0.25, -0.2) is 0 Å². The lowest BCUT2D eigenvalue weighted by Gasteiger charge is -2.35. The number of rotatable bonds is 7. The van der Waals surface area contributed by atoms with E-state index >= 15 is 0 Å². The average molecular weight is 511 g/mol. The monoisotopic (exact) mass is 511 g/mol. The summed E-state index contributed by atoms with van der Waals surface area (Å²) in [7, 11) is 0. The van der Waals surface area contributed by atoms with Crippen molar-refractivity contribution in [3.8, 4) is 0 Å². The van der Waals surface area contributed by atoms with Crippen LogP contribution >= 0.6 is 0 Å². The molecule has 0 heterocycles. The van der Waals surface area contributed by atoms with E-state index in [1.54, 1.807) is 0 Å². The van der Waals surface area contributed by atoms with Crippen molar-refractivity contribution >= 4 is 0 Å². The molecule has 0 nitrogen and oxygen atoms in total. The first-order valence-electron chi connectivity index (χ1n) is 15.5. The SMILES string of the molecule is CC(C)(C)CCCCC(C)(C)C.CC(CC(C)(C)C)CC(C)(C)C.CCC(CC(C)(C)C)C(C)(C)C. The Bertz CT molecular complexity index is 475. The van der Waals surface area contributed by atoms with E-state index in [0.717, 1.165) is 11.8 Å². The van der Waals surface area contributed by atoms with Gasteiger partial charge in [-0.3, -0.25) is 0 Å². The second-order valence-corrected chi connectivity index (χ2v) is 19.2. The third-order valence-corrected chi connectivity index (χ3v) is 6.60. The Hall–Kier alpha value is 0. The molecule has 222 valence electrons. The van der Waals surface area contributed by atoms with Crippen molar-refractivity contribution < 1.29 is 0 Å². The highest BCUT2D eigenvalue weighted by molar-refractivity contribution is 4.77. The maximum atomic E-state index is 2.37. The molecule has 1 atom stereocenters. The Balaban J connectivity index is -0.000000454. The molecule has 0 saturated heterocycles. The molecule has 0 aromatic rings. The molecule has 0 bridgehead atoms. The smallest absolute Gasteiger partial charge is 0.0354 e. The normalized spacial score (nSPS) is 14.6. The summed E-state index contributed by atoms with van der Waals surface area (Å²) in [6, 6.07) is 0. The molecule has 0 aromatic heterocycles. The summed E-state index contributed by atoms with van der Waals surface area (Å²) < 4.78 is 0. The van der Waals surface area contributed by atoms with E-state index in [1.165, 1.54) is 51.4 Å². The van der Waals surface area contributed by atoms with Gasteiger partial charge in [0.2, 0.25) is 0 Å². The van der Waals surface area contributed by atoms with E-state index in [2.05, 4.69) is 138 Å². The largest absolute Gasteiger partial charge is 0.0651 e. The predicted molar refractivity (Wildman–Crippen MR) is 172 cm³/mol. The fourth-order valence-corrected chi connectivity index (χ4v) is 5.28. The third kappa shape index (κ3) is 36.2. The van der Waals surface area contributed by atoms with Gasteiger partial charge in [0, 0.05) is 0 Å². The zero-order chi connectivity index (χ0) is 29.8. The van der Waals surface area contributed by atoms with E-state index in [-0.39, 0.29) is 0 Å². The molecule has 0 aliphatic heterocycles. The van der Waals surface area contributed by atoms with Crippen LogP contribution < -0.4 is 0 Å². The maximum absolute atomic E-state index is 2.37. The van der Waals surface area contributed by atoms with Crippen molar-refractivity contribution in [2.45, 2.75) is 190 Å². The van der Waals surface area contributed by atoms with E-state index in [9.17, 15) is 0 Å². The molecule has 0 aliphatic carbocycles. The van der Waals surface area contributed by atoms with Gasteiger partial charge in [-0.05, 0) is 76.4 Å². The standard InChI is InChI=1S/3C12H26/c1-10(8-11(2,3)4)9-12(5,6)7;1-11(2,3)9-7-8-10-12(4,5)6;1-8-10(12(5,6)7)9-11(2,3)4/h10H,8-9H2,1-7H3;7-10H2,1-6H3;10H,8-9H2,1-7H3.